The first kappa shape index (κ1) is 18.4. The van der Waals surface area contributed by atoms with E-state index in [4.69, 9.17) is 30.3 Å². The molecule has 0 aromatic heterocycles. The van der Waals surface area contributed by atoms with Gasteiger partial charge in [-0.1, -0.05) is 48.5 Å². The van der Waals surface area contributed by atoms with E-state index in [1.165, 1.54) is 16.3 Å². The van der Waals surface area contributed by atoms with Crippen molar-refractivity contribution in [2.45, 2.75) is 12.5 Å². The molecule has 138 valence electrons. The lowest BCUT2D eigenvalue weighted by Gasteiger charge is -2.20. The minimum atomic E-state index is -1.82. The number of fused-ring (bicyclic) bond motifs is 4. The lowest BCUT2D eigenvalue weighted by Crippen LogP contribution is -2.34. The van der Waals surface area contributed by atoms with Gasteiger partial charge in [-0.3, -0.25) is 0 Å². The Morgan fingerprint density at radius 1 is 1.04 bits per heavy atom. The van der Waals surface area contributed by atoms with Gasteiger partial charge in [-0.05, 0) is 35.4 Å². The molecule has 1 aliphatic carbocycles. The molecule has 1 atom stereocenters. The van der Waals surface area contributed by atoms with Crippen LogP contribution in [0.1, 0.15) is 18.1 Å². The Kier molecular flexibility index (Phi) is 4.83. The summed E-state index contributed by atoms with van der Waals surface area (Å²) >= 11 is 0. The summed E-state index contributed by atoms with van der Waals surface area (Å²) in [6, 6.07) is 16.8. The average Bonchev–Trinajstić information content (AvgIpc) is 2.95. The van der Waals surface area contributed by atoms with Crippen LogP contribution in [-0.2, 0) is 14.3 Å². The first-order valence-corrected chi connectivity index (χ1v) is 8.33. The van der Waals surface area contributed by atoms with Gasteiger partial charge in [0.2, 0.25) is 0 Å². The predicted octanol–water partition coefficient (Wildman–Crippen LogP) is 0.924. The van der Waals surface area contributed by atoms with Gasteiger partial charge in [-0.15, -0.1) is 0 Å². The number of hydrogen-bond acceptors (Lipinski definition) is 4. The van der Waals surface area contributed by atoms with Crippen LogP contribution in [-0.4, -0.2) is 34.3 Å². The number of nitrogens with two attached hydrogens (primary N) is 1. The van der Waals surface area contributed by atoms with Crippen LogP contribution in [0.15, 0.2) is 54.6 Å². The van der Waals surface area contributed by atoms with Crippen molar-refractivity contribution in [2.75, 3.05) is 6.54 Å². The highest BCUT2D eigenvalue weighted by Gasteiger charge is 2.34. The fourth-order valence-electron chi connectivity index (χ4n) is 3.05. The second kappa shape index (κ2) is 7.09. The van der Waals surface area contributed by atoms with Gasteiger partial charge in [0, 0.05) is 17.3 Å². The summed E-state index contributed by atoms with van der Waals surface area (Å²) in [5.41, 5.74) is 9.06. The van der Waals surface area contributed by atoms with E-state index in [2.05, 4.69) is 60.7 Å². The highest BCUT2D eigenvalue weighted by atomic mass is 16.5. The van der Waals surface area contributed by atoms with Crippen molar-refractivity contribution < 1.29 is 24.5 Å². The molecule has 1 unspecified atom stereocenters. The van der Waals surface area contributed by atoms with Crippen LogP contribution in [0.3, 0.4) is 0 Å². The van der Waals surface area contributed by atoms with Crippen LogP contribution < -0.4 is 16.2 Å². The second-order valence-electron chi connectivity index (χ2n) is 6.44. The first-order chi connectivity index (χ1) is 12.8. The molecule has 27 heavy (non-hydrogen) atoms. The summed E-state index contributed by atoms with van der Waals surface area (Å²) in [7, 11) is 0. The van der Waals surface area contributed by atoms with Gasteiger partial charge >= 0.3 is 11.9 Å². The van der Waals surface area contributed by atoms with E-state index in [0.29, 0.717) is 6.54 Å². The Morgan fingerprint density at radius 2 is 1.67 bits per heavy atom. The molecule has 0 fully saturated rings. The Labute approximate surface area is 155 Å². The standard InChI is InChI=1S/C19H17NO.C2H2O4/c1-19(12-20)11-17-15-8-4-2-6-13(15)10-14-7-3-5-9-16(14)18(17)21-19;3-1(4)2(5)6/h2-11H,12,20H2,1H3;(H,3,4)(H,5,6). The van der Waals surface area contributed by atoms with E-state index in [1.807, 2.05) is 6.92 Å². The second-order valence-corrected chi connectivity index (χ2v) is 6.44. The molecule has 0 bridgehead atoms. The molecule has 0 saturated heterocycles. The van der Waals surface area contributed by atoms with Gasteiger partial charge in [-0.2, -0.15) is 0 Å². The first-order valence-electron chi connectivity index (χ1n) is 8.33. The van der Waals surface area contributed by atoms with Crippen LogP contribution in [0.25, 0.3) is 17.4 Å². The predicted molar refractivity (Wildman–Crippen MR) is 101 cm³/mol. The molecule has 4 rings (SSSR count). The van der Waals surface area contributed by atoms with E-state index < -0.39 is 17.5 Å². The normalized spacial score (nSPS) is 18.9. The van der Waals surface area contributed by atoms with Crippen molar-refractivity contribution in [1.82, 2.24) is 0 Å². The Bertz CT molecular complexity index is 1060. The topological polar surface area (TPSA) is 110 Å². The maximum absolute atomic E-state index is 9.10. The molecular formula is C21H19NO5. The zero-order valence-corrected chi connectivity index (χ0v) is 14.7. The lowest BCUT2D eigenvalue weighted by atomic mass is 9.97. The highest BCUT2D eigenvalue weighted by Crippen LogP contribution is 2.39. The number of benzene rings is 2. The summed E-state index contributed by atoms with van der Waals surface area (Å²) < 4.78 is 6.24. The van der Waals surface area contributed by atoms with Gasteiger partial charge in [0.1, 0.15) is 11.4 Å². The van der Waals surface area contributed by atoms with Gasteiger partial charge in [0.15, 0.2) is 0 Å². The van der Waals surface area contributed by atoms with Crippen LogP contribution in [0, 0.1) is 0 Å². The Morgan fingerprint density at radius 3 is 2.33 bits per heavy atom. The molecule has 4 N–H and O–H groups in total. The smallest absolute Gasteiger partial charge is 0.414 e. The maximum Gasteiger partial charge on any atom is 0.414 e. The molecule has 0 saturated carbocycles. The number of carboxylic acid groups (broad SMARTS) is 2. The molecule has 1 aliphatic heterocycles. The molecule has 0 spiro atoms. The van der Waals surface area contributed by atoms with E-state index in [9.17, 15) is 0 Å². The van der Waals surface area contributed by atoms with Crippen molar-refractivity contribution in [3.63, 3.8) is 0 Å². The summed E-state index contributed by atoms with van der Waals surface area (Å²) in [6.45, 7) is 2.50. The number of carboxylic acids is 2. The van der Waals surface area contributed by atoms with Gasteiger partial charge in [0.05, 0.1) is 0 Å². The third-order valence-electron chi connectivity index (χ3n) is 4.39. The molecule has 6 nitrogen and oxygen atoms in total. The van der Waals surface area contributed by atoms with E-state index in [0.717, 1.165) is 16.6 Å². The highest BCUT2D eigenvalue weighted by molar-refractivity contribution is 6.27. The molecular weight excluding hydrogens is 346 g/mol. The Balaban J connectivity index is 0.000000307. The Hall–Kier alpha value is -3.38. The van der Waals surface area contributed by atoms with Crippen molar-refractivity contribution in [1.29, 1.82) is 0 Å². The SMILES string of the molecule is CC1(CN)C=C2C(=c3ccccc3=Cc3ccccc32)O1.O=C(O)C(=O)O. The molecule has 0 amide bonds. The third kappa shape index (κ3) is 3.61. The van der Waals surface area contributed by atoms with Gasteiger partial charge in [0.25, 0.3) is 0 Å². The average molecular weight is 365 g/mol. The van der Waals surface area contributed by atoms with Crippen LogP contribution in [0.2, 0.25) is 0 Å². The number of rotatable bonds is 1. The van der Waals surface area contributed by atoms with Crippen molar-refractivity contribution in [3.05, 3.63) is 76.2 Å². The van der Waals surface area contributed by atoms with Crippen LogP contribution in [0.4, 0.5) is 0 Å². The van der Waals surface area contributed by atoms with E-state index in [1.54, 1.807) is 0 Å². The van der Waals surface area contributed by atoms with E-state index >= 15 is 0 Å². The molecule has 2 aromatic rings. The molecule has 0 radical (unpaired) electrons. The zero-order chi connectivity index (χ0) is 19.6. The van der Waals surface area contributed by atoms with Crippen molar-refractivity contribution in [2.24, 2.45) is 5.73 Å². The summed E-state index contributed by atoms with van der Waals surface area (Å²) in [4.78, 5) is 18.2. The summed E-state index contributed by atoms with van der Waals surface area (Å²) in [5, 5.41) is 17.1. The number of aliphatic carboxylic acids is 2. The third-order valence-corrected chi connectivity index (χ3v) is 4.39. The number of hydrogen-bond donors (Lipinski definition) is 3. The number of carbonyl (C=O) groups is 2. The minimum Gasteiger partial charge on any atom is -0.481 e. The largest absolute Gasteiger partial charge is 0.481 e. The summed E-state index contributed by atoms with van der Waals surface area (Å²) in [6.07, 6.45) is 4.39. The van der Waals surface area contributed by atoms with E-state index in [-0.39, 0.29) is 0 Å². The quantitative estimate of drug-likeness (QED) is 0.649. The summed E-state index contributed by atoms with van der Waals surface area (Å²) in [5.74, 6) is -2.70. The molecule has 6 heteroatoms. The minimum absolute atomic E-state index is 0.428. The van der Waals surface area contributed by atoms with Crippen LogP contribution in [0.5, 0.6) is 0 Å². The monoisotopic (exact) mass is 365 g/mol. The van der Waals surface area contributed by atoms with Gasteiger partial charge in [-0.25, -0.2) is 9.59 Å². The van der Waals surface area contributed by atoms with Crippen molar-refractivity contribution >= 4 is 29.3 Å². The number of ether oxygens (including phenoxy) is 1. The van der Waals surface area contributed by atoms with Crippen molar-refractivity contribution in [3.8, 4) is 0 Å². The lowest BCUT2D eigenvalue weighted by molar-refractivity contribution is -0.159. The molecule has 1 heterocycles. The fourth-order valence-corrected chi connectivity index (χ4v) is 3.05. The fraction of sp³-hybridized carbons (Fsp3) is 0.143. The zero-order valence-electron chi connectivity index (χ0n) is 14.7. The molecule has 2 aliphatic rings. The van der Waals surface area contributed by atoms with Gasteiger partial charge < -0.3 is 20.7 Å². The molecule has 2 aromatic carbocycles. The maximum atomic E-state index is 9.10. The van der Waals surface area contributed by atoms with Crippen LogP contribution >= 0.6 is 0 Å².